The predicted octanol–water partition coefficient (Wildman–Crippen LogP) is 2.84. The molecule has 0 radical (unpaired) electrons. The number of rotatable bonds is 9. The Labute approximate surface area is 113 Å². The molecule has 1 rings (SSSR count). The van der Waals surface area contributed by atoms with Gasteiger partial charge in [0.05, 0.1) is 24.9 Å². The summed E-state index contributed by atoms with van der Waals surface area (Å²) < 4.78 is 11.3. The lowest BCUT2D eigenvalue weighted by atomic mass is 9.97. The molecule has 108 valence electrons. The second-order valence-electron chi connectivity index (χ2n) is 6.76. The molecule has 1 aliphatic rings. The van der Waals surface area contributed by atoms with E-state index >= 15 is 0 Å². The lowest BCUT2D eigenvalue weighted by Gasteiger charge is -2.31. The molecule has 0 saturated carbocycles. The Morgan fingerprint density at radius 1 is 1.28 bits per heavy atom. The third-order valence-electron chi connectivity index (χ3n) is 3.77. The van der Waals surface area contributed by atoms with Crippen molar-refractivity contribution in [1.82, 2.24) is 5.32 Å². The van der Waals surface area contributed by atoms with E-state index in [9.17, 15) is 0 Å². The second kappa shape index (κ2) is 6.88. The van der Waals surface area contributed by atoms with Crippen LogP contribution in [-0.4, -0.2) is 37.5 Å². The fraction of sp³-hybridized carbons (Fsp3) is 1.00. The van der Waals surface area contributed by atoms with Crippen molar-refractivity contribution in [2.45, 2.75) is 65.7 Å². The summed E-state index contributed by atoms with van der Waals surface area (Å²) in [4.78, 5) is 0. The van der Waals surface area contributed by atoms with Gasteiger partial charge in [0, 0.05) is 12.6 Å². The van der Waals surface area contributed by atoms with Crippen LogP contribution in [0.1, 0.15) is 48.0 Å². The summed E-state index contributed by atoms with van der Waals surface area (Å²) in [6.45, 7) is 16.1. The van der Waals surface area contributed by atoms with Gasteiger partial charge in [-0.2, -0.15) is 0 Å². The van der Waals surface area contributed by atoms with Crippen LogP contribution in [0.2, 0.25) is 0 Å². The van der Waals surface area contributed by atoms with Crippen molar-refractivity contribution in [3.63, 3.8) is 0 Å². The van der Waals surface area contributed by atoms with Crippen molar-refractivity contribution in [1.29, 1.82) is 0 Å². The van der Waals surface area contributed by atoms with Gasteiger partial charge in [-0.05, 0) is 39.0 Å². The molecule has 3 nitrogen and oxygen atoms in total. The van der Waals surface area contributed by atoms with Crippen LogP contribution in [0.25, 0.3) is 0 Å². The number of nitrogens with one attached hydrogen (secondary N) is 1. The normalized spacial score (nSPS) is 23.2. The van der Waals surface area contributed by atoms with Crippen molar-refractivity contribution in [2.75, 3.05) is 19.8 Å². The van der Waals surface area contributed by atoms with E-state index in [1.807, 2.05) is 0 Å². The molecule has 1 aliphatic heterocycles. The van der Waals surface area contributed by atoms with Gasteiger partial charge < -0.3 is 14.8 Å². The molecule has 0 aromatic carbocycles. The van der Waals surface area contributed by atoms with Gasteiger partial charge in [0.2, 0.25) is 0 Å². The number of hydrogen-bond donors (Lipinski definition) is 1. The number of hydrogen-bond acceptors (Lipinski definition) is 3. The first-order valence-corrected chi connectivity index (χ1v) is 7.29. The topological polar surface area (TPSA) is 33.8 Å². The minimum Gasteiger partial charge on any atom is -0.375 e. The molecule has 3 unspecified atom stereocenters. The Morgan fingerprint density at radius 3 is 2.39 bits per heavy atom. The Morgan fingerprint density at radius 2 is 1.89 bits per heavy atom. The number of epoxide rings is 1. The zero-order valence-electron chi connectivity index (χ0n) is 13.0. The largest absolute Gasteiger partial charge is 0.375 e. The van der Waals surface area contributed by atoms with Crippen molar-refractivity contribution in [3.05, 3.63) is 0 Å². The molecular weight excluding hydrogens is 226 g/mol. The van der Waals surface area contributed by atoms with Gasteiger partial charge in [0.15, 0.2) is 0 Å². The average Bonchev–Trinajstić information content (AvgIpc) is 3.06. The molecule has 0 amide bonds. The molecule has 1 N–H and O–H groups in total. The summed E-state index contributed by atoms with van der Waals surface area (Å²) in [5, 5.41) is 3.51. The SMILES string of the molecule is CC(CC(C)(C)OCC(C)C(C)C)NCC1CO1. The van der Waals surface area contributed by atoms with Crippen molar-refractivity contribution < 1.29 is 9.47 Å². The molecule has 0 aromatic heterocycles. The minimum atomic E-state index is -0.0556. The summed E-state index contributed by atoms with van der Waals surface area (Å²) in [5.41, 5.74) is -0.0556. The highest BCUT2D eigenvalue weighted by atomic mass is 16.6. The molecule has 1 heterocycles. The van der Waals surface area contributed by atoms with E-state index in [1.54, 1.807) is 0 Å². The van der Waals surface area contributed by atoms with E-state index < -0.39 is 0 Å². The molecule has 1 fully saturated rings. The Hall–Kier alpha value is -0.120. The van der Waals surface area contributed by atoms with Crippen LogP contribution in [0.3, 0.4) is 0 Å². The molecule has 1 saturated heterocycles. The molecule has 0 bridgehead atoms. The van der Waals surface area contributed by atoms with Gasteiger partial charge in [0.1, 0.15) is 0 Å². The first kappa shape index (κ1) is 15.9. The summed E-state index contributed by atoms with van der Waals surface area (Å²) >= 11 is 0. The van der Waals surface area contributed by atoms with E-state index in [0.29, 0.717) is 24.0 Å². The fourth-order valence-corrected chi connectivity index (χ4v) is 1.94. The average molecular weight is 257 g/mol. The zero-order valence-corrected chi connectivity index (χ0v) is 13.0. The maximum absolute atomic E-state index is 6.07. The molecule has 3 atom stereocenters. The standard InChI is InChI=1S/C15H31NO2/c1-11(2)12(3)9-18-15(5,6)7-13(4)16-8-14-10-17-14/h11-14,16H,7-10H2,1-6H3. The highest BCUT2D eigenvalue weighted by Gasteiger charge is 2.26. The van der Waals surface area contributed by atoms with Gasteiger partial charge >= 0.3 is 0 Å². The van der Waals surface area contributed by atoms with Crippen molar-refractivity contribution in [3.8, 4) is 0 Å². The highest BCUT2D eigenvalue weighted by molar-refractivity contribution is 4.79. The summed E-state index contributed by atoms with van der Waals surface area (Å²) in [7, 11) is 0. The highest BCUT2D eigenvalue weighted by Crippen LogP contribution is 2.20. The second-order valence-corrected chi connectivity index (χ2v) is 6.76. The van der Waals surface area contributed by atoms with E-state index in [0.717, 1.165) is 26.2 Å². The van der Waals surface area contributed by atoms with Crippen LogP contribution >= 0.6 is 0 Å². The quantitative estimate of drug-likeness (QED) is 0.645. The van der Waals surface area contributed by atoms with Gasteiger partial charge in [-0.15, -0.1) is 0 Å². The van der Waals surface area contributed by atoms with E-state index in [4.69, 9.17) is 9.47 Å². The van der Waals surface area contributed by atoms with Crippen LogP contribution < -0.4 is 5.32 Å². The van der Waals surface area contributed by atoms with E-state index in [2.05, 4.69) is 46.9 Å². The summed E-state index contributed by atoms with van der Waals surface area (Å²) in [6, 6.07) is 0.471. The fourth-order valence-electron chi connectivity index (χ4n) is 1.94. The van der Waals surface area contributed by atoms with Crippen LogP contribution in [0.4, 0.5) is 0 Å². The van der Waals surface area contributed by atoms with E-state index in [-0.39, 0.29) is 5.60 Å². The summed E-state index contributed by atoms with van der Waals surface area (Å²) in [5.74, 6) is 1.30. The van der Waals surface area contributed by atoms with E-state index in [1.165, 1.54) is 0 Å². The lowest BCUT2D eigenvalue weighted by Crippen LogP contribution is -2.38. The maximum Gasteiger partial charge on any atom is 0.0934 e. The predicted molar refractivity (Wildman–Crippen MR) is 75.9 cm³/mol. The third-order valence-corrected chi connectivity index (χ3v) is 3.77. The molecule has 18 heavy (non-hydrogen) atoms. The Kier molecular flexibility index (Phi) is 6.09. The zero-order chi connectivity index (χ0) is 13.8. The van der Waals surface area contributed by atoms with Crippen LogP contribution in [-0.2, 0) is 9.47 Å². The van der Waals surface area contributed by atoms with Gasteiger partial charge in [-0.25, -0.2) is 0 Å². The van der Waals surface area contributed by atoms with Crippen LogP contribution in [0.15, 0.2) is 0 Å². The van der Waals surface area contributed by atoms with Gasteiger partial charge in [0.25, 0.3) is 0 Å². The first-order chi connectivity index (χ1) is 8.30. The molecular formula is C15H31NO2. The first-order valence-electron chi connectivity index (χ1n) is 7.29. The Bertz CT molecular complexity index is 237. The van der Waals surface area contributed by atoms with Crippen LogP contribution in [0, 0.1) is 11.8 Å². The number of ether oxygens (including phenoxy) is 2. The minimum absolute atomic E-state index is 0.0556. The van der Waals surface area contributed by atoms with Gasteiger partial charge in [-0.3, -0.25) is 0 Å². The molecule has 0 spiro atoms. The maximum atomic E-state index is 6.07. The monoisotopic (exact) mass is 257 g/mol. The lowest BCUT2D eigenvalue weighted by molar-refractivity contribution is -0.0487. The summed E-state index contributed by atoms with van der Waals surface area (Å²) in [6.07, 6.45) is 1.49. The molecule has 0 aromatic rings. The van der Waals surface area contributed by atoms with Gasteiger partial charge in [-0.1, -0.05) is 20.8 Å². The molecule has 0 aliphatic carbocycles. The van der Waals surface area contributed by atoms with Crippen LogP contribution in [0.5, 0.6) is 0 Å². The van der Waals surface area contributed by atoms with Crippen molar-refractivity contribution in [2.24, 2.45) is 11.8 Å². The van der Waals surface area contributed by atoms with Crippen molar-refractivity contribution >= 4 is 0 Å². The Balaban J connectivity index is 2.19. The third kappa shape index (κ3) is 6.72. The smallest absolute Gasteiger partial charge is 0.0934 e. The molecule has 3 heteroatoms.